The zero-order valence-electron chi connectivity index (χ0n) is 14.7. The molecule has 13 heteroatoms. The van der Waals surface area contributed by atoms with Gasteiger partial charge in [-0.3, -0.25) is 9.13 Å². The van der Waals surface area contributed by atoms with Crippen LogP contribution in [0.25, 0.3) is 0 Å². The Hall–Kier alpha value is -1.43. The van der Waals surface area contributed by atoms with E-state index < -0.39 is 44.3 Å². The Balaban J connectivity index is 2.23. The summed E-state index contributed by atoms with van der Waals surface area (Å²) in [5, 5.41) is 9.94. The molecule has 0 saturated carbocycles. The smallest absolute Gasteiger partial charge is 0.351 e. The predicted molar refractivity (Wildman–Crippen MR) is 88.7 cm³/mol. The number of ether oxygens (including phenoxy) is 1. The topological polar surface area (TPSA) is 123 Å². The highest BCUT2D eigenvalue weighted by atomic mass is 31.2. The molecule has 1 aliphatic heterocycles. The quantitative estimate of drug-likeness (QED) is 0.637. The number of anilines is 1. The lowest BCUT2D eigenvalue weighted by atomic mass is 10.1. The van der Waals surface area contributed by atoms with Gasteiger partial charge in [0.25, 0.3) is 0 Å². The SMILES string of the molecule is CN(C)P(=O)(OC[C@H]1O[C@@H](n2ccc(N)nc2=O)C(F)(F)C1O)N(C)C. The van der Waals surface area contributed by atoms with Gasteiger partial charge in [-0.2, -0.15) is 13.8 Å². The van der Waals surface area contributed by atoms with Crippen molar-refractivity contribution < 1.29 is 27.7 Å². The van der Waals surface area contributed by atoms with Crippen molar-refractivity contribution >= 4 is 13.5 Å². The van der Waals surface area contributed by atoms with Crippen LogP contribution >= 0.6 is 7.67 Å². The van der Waals surface area contributed by atoms with Crippen LogP contribution in [0, 0.1) is 0 Å². The van der Waals surface area contributed by atoms with Gasteiger partial charge in [0, 0.05) is 6.20 Å². The van der Waals surface area contributed by atoms with E-state index in [0.29, 0.717) is 4.57 Å². The van der Waals surface area contributed by atoms with Gasteiger partial charge in [-0.25, -0.2) is 14.1 Å². The number of nitrogens with two attached hydrogens (primary N) is 1. The van der Waals surface area contributed by atoms with Crippen molar-refractivity contribution in [2.45, 2.75) is 24.4 Å². The zero-order chi connectivity index (χ0) is 19.9. The number of aromatic nitrogens is 2. The standard InChI is InChI=1S/C13H22F2N5O5P/c1-18(2)26(23,19(3)4)24-7-8-10(21)13(14,15)11(25-8)20-6-5-9(16)17-12(20)22/h5-6,8,10-11,21H,7H2,1-4H3,(H2,16,17,22)/t8-,10?,11-/m1/s1. The van der Waals surface area contributed by atoms with Crippen LogP contribution in [0.3, 0.4) is 0 Å². The highest BCUT2D eigenvalue weighted by Gasteiger charge is 2.60. The first-order valence-corrected chi connectivity index (χ1v) is 9.10. The van der Waals surface area contributed by atoms with Crippen molar-refractivity contribution in [1.82, 2.24) is 18.9 Å². The van der Waals surface area contributed by atoms with Crippen molar-refractivity contribution in [3.8, 4) is 0 Å². The molecule has 1 aliphatic rings. The molecular weight excluding hydrogens is 375 g/mol. The van der Waals surface area contributed by atoms with Gasteiger partial charge in [0.05, 0.1) is 6.61 Å². The van der Waals surface area contributed by atoms with Gasteiger partial charge in [-0.15, -0.1) is 0 Å². The second-order valence-corrected chi connectivity index (χ2v) is 9.01. The van der Waals surface area contributed by atoms with Crippen LogP contribution in [0.15, 0.2) is 17.1 Å². The van der Waals surface area contributed by atoms with E-state index in [4.69, 9.17) is 15.0 Å². The molecular formula is C13H22F2N5O5P. The van der Waals surface area contributed by atoms with E-state index in [-0.39, 0.29) is 5.82 Å². The fourth-order valence-corrected chi connectivity index (χ4v) is 3.99. The van der Waals surface area contributed by atoms with Crippen molar-refractivity contribution in [1.29, 1.82) is 0 Å². The molecule has 3 atom stereocenters. The molecule has 0 aromatic carbocycles. The van der Waals surface area contributed by atoms with E-state index in [0.717, 1.165) is 12.3 Å². The fourth-order valence-electron chi connectivity index (χ4n) is 2.47. The third-order valence-corrected chi connectivity index (χ3v) is 6.41. The number of alkyl halides is 2. The first kappa shape index (κ1) is 20.9. The maximum Gasteiger partial charge on any atom is 0.351 e. The molecule has 1 aromatic heterocycles. The summed E-state index contributed by atoms with van der Waals surface area (Å²) in [6, 6.07) is 1.16. The lowest BCUT2D eigenvalue weighted by molar-refractivity contribution is -0.140. The van der Waals surface area contributed by atoms with Crippen molar-refractivity contribution in [2.24, 2.45) is 0 Å². The van der Waals surface area contributed by atoms with Gasteiger partial charge in [0.1, 0.15) is 11.9 Å². The molecule has 0 amide bonds. The van der Waals surface area contributed by atoms with Crippen LogP contribution in [-0.4, -0.2) is 76.9 Å². The Bertz CT molecular complexity index is 747. The molecule has 3 N–H and O–H groups in total. The molecule has 1 unspecified atom stereocenters. The molecule has 1 aromatic rings. The Kier molecular flexibility index (Phi) is 5.86. The third-order valence-electron chi connectivity index (χ3n) is 3.90. The maximum atomic E-state index is 14.4. The summed E-state index contributed by atoms with van der Waals surface area (Å²) in [4.78, 5) is 15.2. The summed E-state index contributed by atoms with van der Waals surface area (Å²) in [5.74, 6) is -3.93. The molecule has 0 aliphatic carbocycles. The number of aliphatic hydroxyl groups excluding tert-OH is 1. The van der Waals surface area contributed by atoms with Crippen LogP contribution in [0.4, 0.5) is 14.6 Å². The van der Waals surface area contributed by atoms with Crippen LogP contribution in [0.5, 0.6) is 0 Å². The van der Waals surface area contributed by atoms with Gasteiger partial charge in [-0.05, 0) is 34.3 Å². The third kappa shape index (κ3) is 3.66. The van der Waals surface area contributed by atoms with Crippen LogP contribution in [0.2, 0.25) is 0 Å². The highest BCUT2D eigenvalue weighted by Crippen LogP contribution is 2.51. The van der Waals surface area contributed by atoms with Crippen LogP contribution in [0.1, 0.15) is 6.23 Å². The van der Waals surface area contributed by atoms with Gasteiger partial charge >= 0.3 is 19.3 Å². The zero-order valence-corrected chi connectivity index (χ0v) is 15.6. The minimum atomic E-state index is -3.80. The Morgan fingerprint density at radius 1 is 1.42 bits per heavy atom. The number of halogens is 2. The van der Waals surface area contributed by atoms with E-state index in [1.165, 1.54) is 37.5 Å². The molecule has 26 heavy (non-hydrogen) atoms. The number of nitrogens with zero attached hydrogens (tertiary/aromatic N) is 4. The van der Waals surface area contributed by atoms with Crippen LogP contribution < -0.4 is 11.4 Å². The summed E-state index contributed by atoms with van der Waals surface area (Å²) >= 11 is 0. The highest BCUT2D eigenvalue weighted by molar-refractivity contribution is 7.53. The lowest BCUT2D eigenvalue weighted by Gasteiger charge is -2.30. The molecule has 10 nitrogen and oxygen atoms in total. The molecule has 0 spiro atoms. The van der Waals surface area contributed by atoms with E-state index in [9.17, 15) is 23.2 Å². The van der Waals surface area contributed by atoms with Crippen LogP contribution in [-0.2, 0) is 13.8 Å². The monoisotopic (exact) mass is 397 g/mol. The Labute approximate surface area is 148 Å². The van der Waals surface area contributed by atoms with E-state index in [1.54, 1.807) is 0 Å². The molecule has 0 radical (unpaired) electrons. The van der Waals surface area contributed by atoms with Crippen molar-refractivity contribution in [2.75, 3.05) is 40.5 Å². The summed E-state index contributed by atoms with van der Waals surface area (Å²) in [5.41, 5.74) is 4.29. The summed E-state index contributed by atoms with van der Waals surface area (Å²) in [6.07, 6.45) is -4.86. The lowest BCUT2D eigenvalue weighted by Crippen LogP contribution is -2.42. The molecule has 2 rings (SSSR count). The molecule has 2 heterocycles. The number of aliphatic hydroxyl groups is 1. The number of hydrogen-bond donors (Lipinski definition) is 2. The van der Waals surface area contributed by atoms with E-state index in [1.807, 2.05) is 0 Å². The van der Waals surface area contributed by atoms with Gasteiger partial charge in [0.15, 0.2) is 6.10 Å². The molecule has 0 bridgehead atoms. The predicted octanol–water partition coefficient (Wildman–Crippen LogP) is -0.0330. The summed E-state index contributed by atoms with van der Waals surface area (Å²) in [7, 11) is 2.56. The average Bonchev–Trinajstić information content (AvgIpc) is 2.75. The first-order valence-electron chi connectivity index (χ1n) is 7.57. The molecule has 1 saturated heterocycles. The first-order chi connectivity index (χ1) is 11.9. The minimum Gasteiger partial charge on any atom is -0.384 e. The van der Waals surface area contributed by atoms with Gasteiger partial charge < -0.3 is 20.1 Å². The average molecular weight is 397 g/mol. The van der Waals surface area contributed by atoms with Crippen molar-refractivity contribution in [3.63, 3.8) is 0 Å². The second-order valence-electron chi connectivity index (χ2n) is 6.17. The normalized spacial score (nSPS) is 26.0. The molecule has 148 valence electrons. The van der Waals surface area contributed by atoms with Crippen molar-refractivity contribution in [3.05, 3.63) is 22.7 Å². The van der Waals surface area contributed by atoms with E-state index in [2.05, 4.69) is 4.98 Å². The van der Waals surface area contributed by atoms with Gasteiger partial charge in [-0.1, -0.05) is 0 Å². The molecule has 1 fully saturated rings. The minimum absolute atomic E-state index is 0.133. The maximum absolute atomic E-state index is 14.4. The Morgan fingerprint density at radius 3 is 2.50 bits per heavy atom. The van der Waals surface area contributed by atoms with Gasteiger partial charge in [0.2, 0.25) is 6.23 Å². The second kappa shape index (κ2) is 7.29. The summed E-state index contributed by atoms with van der Waals surface area (Å²) in [6.45, 7) is -0.571. The number of nitrogen functional groups attached to an aromatic ring is 1. The number of hydrogen-bond acceptors (Lipinski definition) is 7. The fraction of sp³-hybridized carbons (Fsp3) is 0.692. The summed E-state index contributed by atoms with van der Waals surface area (Å²) < 4.78 is 55.1. The number of rotatable bonds is 6. The largest absolute Gasteiger partial charge is 0.384 e. The van der Waals surface area contributed by atoms with E-state index >= 15 is 0 Å². The Morgan fingerprint density at radius 2 is 2.00 bits per heavy atom.